The minimum absolute atomic E-state index is 0. The number of methoxy groups -OCH3 is 1. The lowest BCUT2D eigenvalue weighted by Gasteiger charge is -2.33. The van der Waals surface area contributed by atoms with Gasteiger partial charge in [-0.3, -0.25) is 9.89 Å². The van der Waals surface area contributed by atoms with Gasteiger partial charge in [0.2, 0.25) is 0 Å². The van der Waals surface area contributed by atoms with Crippen LogP contribution < -0.4 is 20.1 Å². The largest absolute Gasteiger partial charge is 0.493 e. The van der Waals surface area contributed by atoms with Crippen LogP contribution in [0.4, 0.5) is 0 Å². The molecule has 0 amide bonds. The van der Waals surface area contributed by atoms with Gasteiger partial charge in [0.15, 0.2) is 17.5 Å². The SMILES string of the molecule is CN=C(NCC(C)Oc1ccccc1OC)NCC(c1ccc(C)o1)N1CCOCC1.I. The third-order valence-electron chi connectivity index (χ3n) is 5.22. The Balaban J connectivity index is 0.00000363. The first kappa shape index (κ1) is 26.3. The third-order valence-corrected chi connectivity index (χ3v) is 5.22. The van der Waals surface area contributed by atoms with Crippen molar-refractivity contribution in [2.24, 2.45) is 4.99 Å². The first-order valence-corrected chi connectivity index (χ1v) is 10.7. The molecule has 1 saturated heterocycles. The molecule has 0 bridgehead atoms. The molecule has 8 nitrogen and oxygen atoms in total. The maximum absolute atomic E-state index is 6.02. The van der Waals surface area contributed by atoms with Crippen LogP contribution in [0.3, 0.4) is 0 Å². The molecule has 1 aliphatic rings. The monoisotopic (exact) mass is 558 g/mol. The highest BCUT2D eigenvalue weighted by molar-refractivity contribution is 14.0. The molecule has 2 atom stereocenters. The minimum Gasteiger partial charge on any atom is -0.493 e. The van der Waals surface area contributed by atoms with Gasteiger partial charge >= 0.3 is 0 Å². The van der Waals surface area contributed by atoms with Gasteiger partial charge < -0.3 is 29.3 Å². The molecule has 2 unspecified atom stereocenters. The van der Waals surface area contributed by atoms with E-state index in [9.17, 15) is 0 Å². The zero-order chi connectivity index (χ0) is 22.1. The highest BCUT2D eigenvalue weighted by atomic mass is 127. The summed E-state index contributed by atoms with van der Waals surface area (Å²) in [7, 11) is 3.41. The van der Waals surface area contributed by atoms with Gasteiger partial charge in [-0.1, -0.05) is 12.1 Å². The fourth-order valence-corrected chi connectivity index (χ4v) is 3.56. The number of furan rings is 1. The fraction of sp³-hybridized carbons (Fsp3) is 0.522. The molecule has 9 heteroatoms. The van der Waals surface area contributed by atoms with Crippen LogP contribution in [0.15, 0.2) is 45.8 Å². The van der Waals surface area contributed by atoms with E-state index in [0.717, 1.165) is 55.3 Å². The molecule has 1 aliphatic heterocycles. The fourth-order valence-electron chi connectivity index (χ4n) is 3.56. The van der Waals surface area contributed by atoms with E-state index in [4.69, 9.17) is 18.6 Å². The Labute approximate surface area is 207 Å². The van der Waals surface area contributed by atoms with Gasteiger partial charge in [-0.2, -0.15) is 0 Å². The normalized spacial score (nSPS) is 16.6. The van der Waals surface area contributed by atoms with Crippen LogP contribution in [0.1, 0.15) is 24.5 Å². The Hall–Kier alpha value is -1.98. The van der Waals surface area contributed by atoms with Crippen LogP contribution in [0.2, 0.25) is 0 Å². The van der Waals surface area contributed by atoms with Gasteiger partial charge in [-0.05, 0) is 38.1 Å². The number of aryl methyl sites for hydroxylation is 1. The number of nitrogens with zero attached hydrogens (tertiary/aromatic N) is 2. The van der Waals surface area contributed by atoms with Crippen molar-refractivity contribution in [3.8, 4) is 11.5 Å². The number of hydrogen-bond donors (Lipinski definition) is 2. The number of halogens is 1. The van der Waals surface area contributed by atoms with Crippen molar-refractivity contribution in [2.75, 3.05) is 53.6 Å². The topological polar surface area (TPSA) is 80.5 Å². The summed E-state index contributed by atoms with van der Waals surface area (Å²) in [5.74, 6) is 4.03. The number of guanidine groups is 1. The number of benzene rings is 1. The smallest absolute Gasteiger partial charge is 0.191 e. The molecule has 1 fully saturated rings. The van der Waals surface area contributed by atoms with Gasteiger partial charge in [0.1, 0.15) is 17.6 Å². The summed E-state index contributed by atoms with van der Waals surface area (Å²) in [6.45, 7) is 8.48. The Kier molecular flexibility index (Phi) is 11.1. The summed E-state index contributed by atoms with van der Waals surface area (Å²) >= 11 is 0. The van der Waals surface area contributed by atoms with Crippen molar-refractivity contribution in [3.63, 3.8) is 0 Å². The lowest BCUT2D eigenvalue weighted by atomic mass is 10.1. The van der Waals surface area contributed by atoms with Gasteiger partial charge in [-0.15, -0.1) is 24.0 Å². The van der Waals surface area contributed by atoms with E-state index in [-0.39, 0.29) is 36.1 Å². The highest BCUT2D eigenvalue weighted by Crippen LogP contribution is 2.26. The van der Waals surface area contributed by atoms with Crippen molar-refractivity contribution >= 4 is 29.9 Å². The maximum atomic E-state index is 6.02. The van der Waals surface area contributed by atoms with Crippen molar-refractivity contribution in [3.05, 3.63) is 47.9 Å². The molecule has 2 heterocycles. The van der Waals surface area contributed by atoms with Crippen molar-refractivity contribution in [2.45, 2.75) is 26.0 Å². The van der Waals surface area contributed by atoms with Crippen LogP contribution in [-0.2, 0) is 4.74 Å². The summed E-state index contributed by atoms with van der Waals surface area (Å²) in [4.78, 5) is 6.74. The van der Waals surface area contributed by atoms with Crippen LogP contribution >= 0.6 is 24.0 Å². The summed E-state index contributed by atoms with van der Waals surface area (Å²) < 4.78 is 22.8. The molecular weight excluding hydrogens is 523 g/mol. The van der Waals surface area contributed by atoms with E-state index in [1.165, 1.54) is 0 Å². The predicted octanol–water partition coefficient (Wildman–Crippen LogP) is 3.22. The number of aliphatic imine (C=N–C) groups is 1. The Morgan fingerprint density at radius 3 is 2.41 bits per heavy atom. The molecule has 3 rings (SSSR count). The minimum atomic E-state index is -0.0717. The first-order chi connectivity index (χ1) is 15.1. The van der Waals surface area contributed by atoms with E-state index in [1.54, 1.807) is 14.2 Å². The third kappa shape index (κ3) is 7.56. The van der Waals surface area contributed by atoms with Crippen molar-refractivity contribution in [1.82, 2.24) is 15.5 Å². The molecular formula is C23H35IN4O4. The quantitative estimate of drug-likeness (QED) is 0.278. The van der Waals surface area contributed by atoms with E-state index in [1.807, 2.05) is 44.2 Å². The number of morpholine rings is 1. The standard InChI is InChI=1S/C23H34N4O4.HI/c1-17-9-10-20(30-17)19(27-11-13-29-14-12-27)16-26-23(24-3)25-15-18(2)31-22-8-6-5-7-21(22)28-4;/h5-10,18-19H,11-16H2,1-4H3,(H2,24,25,26);1H. The molecule has 2 N–H and O–H groups in total. The number of nitrogens with one attached hydrogen (secondary N) is 2. The summed E-state index contributed by atoms with van der Waals surface area (Å²) in [5, 5.41) is 6.77. The molecule has 2 aromatic rings. The second kappa shape index (κ2) is 13.5. The average molecular weight is 558 g/mol. The second-order valence-corrected chi connectivity index (χ2v) is 7.53. The van der Waals surface area contributed by atoms with Crippen LogP contribution in [-0.4, -0.2) is 70.5 Å². The van der Waals surface area contributed by atoms with E-state index >= 15 is 0 Å². The van der Waals surface area contributed by atoms with E-state index in [2.05, 4.69) is 26.6 Å². The highest BCUT2D eigenvalue weighted by Gasteiger charge is 2.25. The van der Waals surface area contributed by atoms with Crippen LogP contribution in [0.25, 0.3) is 0 Å². The average Bonchev–Trinajstić information content (AvgIpc) is 3.23. The number of para-hydroxylation sites is 2. The van der Waals surface area contributed by atoms with Crippen molar-refractivity contribution < 1.29 is 18.6 Å². The Bertz CT molecular complexity index is 839. The van der Waals surface area contributed by atoms with Crippen LogP contribution in [0, 0.1) is 6.92 Å². The molecule has 1 aromatic carbocycles. The second-order valence-electron chi connectivity index (χ2n) is 7.53. The first-order valence-electron chi connectivity index (χ1n) is 10.7. The number of ether oxygens (including phenoxy) is 3. The van der Waals surface area contributed by atoms with Crippen molar-refractivity contribution in [1.29, 1.82) is 0 Å². The van der Waals surface area contributed by atoms with Gasteiger partial charge in [0, 0.05) is 26.7 Å². The van der Waals surface area contributed by atoms with Gasteiger partial charge in [-0.25, -0.2) is 0 Å². The molecule has 32 heavy (non-hydrogen) atoms. The van der Waals surface area contributed by atoms with Gasteiger partial charge in [0.25, 0.3) is 0 Å². The lowest BCUT2D eigenvalue weighted by Crippen LogP contribution is -2.47. The Morgan fingerprint density at radius 1 is 1.09 bits per heavy atom. The molecule has 1 aromatic heterocycles. The van der Waals surface area contributed by atoms with E-state index in [0.29, 0.717) is 13.1 Å². The number of hydrogen-bond acceptors (Lipinski definition) is 6. The Morgan fingerprint density at radius 2 is 1.78 bits per heavy atom. The zero-order valence-electron chi connectivity index (χ0n) is 19.3. The van der Waals surface area contributed by atoms with Crippen LogP contribution in [0.5, 0.6) is 11.5 Å². The molecule has 0 spiro atoms. The van der Waals surface area contributed by atoms with Gasteiger partial charge in [0.05, 0.1) is 32.9 Å². The predicted molar refractivity (Wildman–Crippen MR) is 136 cm³/mol. The molecule has 0 radical (unpaired) electrons. The summed E-state index contributed by atoms with van der Waals surface area (Å²) in [5.41, 5.74) is 0. The summed E-state index contributed by atoms with van der Waals surface area (Å²) in [6, 6.07) is 11.8. The summed E-state index contributed by atoms with van der Waals surface area (Å²) in [6.07, 6.45) is -0.0717. The zero-order valence-corrected chi connectivity index (χ0v) is 21.6. The lowest BCUT2D eigenvalue weighted by molar-refractivity contribution is 0.0124. The molecule has 178 valence electrons. The van der Waals surface area contributed by atoms with E-state index < -0.39 is 0 Å². The number of rotatable bonds is 9. The molecule has 0 saturated carbocycles. The maximum Gasteiger partial charge on any atom is 0.191 e. The molecule has 0 aliphatic carbocycles.